The Balaban J connectivity index is 2.14. The third kappa shape index (κ3) is 2.67. The number of thioether (sulfide) groups is 1. The number of rotatable bonds is 2. The van der Waals surface area contributed by atoms with Gasteiger partial charge in [0.15, 0.2) is 0 Å². The largest absolute Gasteiger partial charge is 0.197 e. The molecule has 1 aromatic carbocycles. The first kappa shape index (κ1) is 11.3. The van der Waals surface area contributed by atoms with Crippen molar-refractivity contribution in [2.45, 2.75) is 24.0 Å². The van der Waals surface area contributed by atoms with Gasteiger partial charge in [0.1, 0.15) is 4.75 Å². The molecule has 1 aliphatic rings. The van der Waals surface area contributed by atoms with E-state index in [2.05, 4.69) is 52.9 Å². The van der Waals surface area contributed by atoms with Crippen molar-refractivity contribution in [1.29, 1.82) is 5.26 Å². The van der Waals surface area contributed by atoms with Crippen molar-refractivity contribution < 1.29 is 0 Å². The molecule has 1 nitrogen and oxygen atoms in total. The number of hydrogen-bond donors (Lipinski definition) is 0. The summed E-state index contributed by atoms with van der Waals surface area (Å²) in [6.45, 7) is 0. The standard InChI is InChI=1S/C12H12INS/c13-11-4-2-10(3-5-11)8-12(9-14)6-1-7-15-12/h2-5H,1,6-8H2. The highest BCUT2D eigenvalue weighted by molar-refractivity contribution is 14.1. The molecule has 1 saturated heterocycles. The minimum Gasteiger partial charge on any atom is -0.197 e. The van der Waals surface area contributed by atoms with Crippen LogP contribution in [0.5, 0.6) is 0 Å². The molecule has 0 N–H and O–H groups in total. The summed E-state index contributed by atoms with van der Waals surface area (Å²) < 4.78 is 1.11. The maximum atomic E-state index is 9.26. The van der Waals surface area contributed by atoms with Crippen LogP contribution >= 0.6 is 34.4 Å². The van der Waals surface area contributed by atoms with Crippen molar-refractivity contribution in [2.75, 3.05) is 5.75 Å². The van der Waals surface area contributed by atoms with Gasteiger partial charge in [-0.05, 0) is 58.9 Å². The van der Waals surface area contributed by atoms with E-state index in [1.165, 1.54) is 15.6 Å². The van der Waals surface area contributed by atoms with Crippen LogP contribution in [-0.4, -0.2) is 10.5 Å². The smallest absolute Gasteiger partial charge is 0.106 e. The van der Waals surface area contributed by atoms with E-state index in [0.29, 0.717) is 0 Å². The van der Waals surface area contributed by atoms with Crippen LogP contribution in [0.1, 0.15) is 18.4 Å². The monoisotopic (exact) mass is 329 g/mol. The fourth-order valence-electron chi connectivity index (χ4n) is 1.90. The van der Waals surface area contributed by atoms with E-state index < -0.39 is 0 Å². The highest BCUT2D eigenvalue weighted by atomic mass is 127. The van der Waals surface area contributed by atoms with Crippen LogP contribution in [0.3, 0.4) is 0 Å². The molecular weight excluding hydrogens is 317 g/mol. The van der Waals surface area contributed by atoms with E-state index in [-0.39, 0.29) is 4.75 Å². The van der Waals surface area contributed by atoms with Gasteiger partial charge in [0, 0.05) is 9.99 Å². The lowest BCUT2D eigenvalue weighted by Crippen LogP contribution is -2.21. The van der Waals surface area contributed by atoms with Crippen molar-refractivity contribution in [3.8, 4) is 6.07 Å². The molecule has 1 fully saturated rings. The predicted molar refractivity (Wildman–Crippen MR) is 72.9 cm³/mol. The van der Waals surface area contributed by atoms with E-state index in [1.807, 2.05) is 11.8 Å². The Bertz CT molecular complexity index is 374. The molecule has 1 atom stereocenters. The summed E-state index contributed by atoms with van der Waals surface area (Å²) in [4.78, 5) is 0. The van der Waals surface area contributed by atoms with Crippen molar-refractivity contribution in [1.82, 2.24) is 0 Å². The molecule has 0 spiro atoms. The normalized spacial score (nSPS) is 25.1. The van der Waals surface area contributed by atoms with Crippen LogP contribution in [0.2, 0.25) is 0 Å². The van der Waals surface area contributed by atoms with Crippen LogP contribution in [0, 0.1) is 14.9 Å². The Hall–Kier alpha value is -0.210. The van der Waals surface area contributed by atoms with Crippen LogP contribution < -0.4 is 0 Å². The van der Waals surface area contributed by atoms with E-state index >= 15 is 0 Å². The minimum absolute atomic E-state index is 0.146. The second-order valence-corrected chi connectivity index (χ2v) is 6.59. The Labute approximate surface area is 108 Å². The minimum atomic E-state index is -0.146. The van der Waals surface area contributed by atoms with Crippen LogP contribution in [0.4, 0.5) is 0 Å². The molecule has 0 amide bonds. The zero-order valence-electron chi connectivity index (χ0n) is 8.37. The molecule has 0 radical (unpaired) electrons. The highest BCUT2D eigenvalue weighted by Gasteiger charge is 2.34. The van der Waals surface area contributed by atoms with E-state index in [9.17, 15) is 5.26 Å². The van der Waals surface area contributed by atoms with Gasteiger partial charge in [0.25, 0.3) is 0 Å². The molecule has 0 saturated carbocycles. The van der Waals surface area contributed by atoms with Crippen molar-refractivity contribution in [3.63, 3.8) is 0 Å². The fraction of sp³-hybridized carbons (Fsp3) is 0.417. The van der Waals surface area contributed by atoms with Crippen molar-refractivity contribution in [2.24, 2.45) is 0 Å². The molecule has 1 unspecified atom stereocenters. The number of nitriles is 1. The summed E-state index contributed by atoms with van der Waals surface area (Å²) in [6, 6.07) is 11.0. The average molecular weight is 329 g/mol. The van der Waals surface area contributed by atoms with Gasteiger partial charge in [0.2, 0.25) is 0 Å². The lowest BCUT2D eigenvalue weighted by molar-refractivity contribution is 0.672. The molecule has 1 aromatic rings. The maximum absolute atomic E-state index is 9.26. The first-order chi connectivity index (χ1) is 7.24. The second-order valence-electron chi connectivity index (χ2n) is 3.86. The zero-order valence-corrected chi connectivity index (χ0v) is 11.3. The molecule has 1 aliphatic heterocycles. The molecule has 78 valence electrons. The van der Waals surface area contributed by atoms with Gasteiger partial charge in [-0.25, -0.2) is 0 Å². The number of nitrogens with zero attached hydrogens (tertiary/aromatic N) is 1. The molecule has 2 rings (SSSR count). The summed E-state index contributed by atoms with van der Waals surface area (Å²) in [5.74, 6) is 1.14. The quantitative estimate of drug-likeness (QED) is 0.774. The summed E-state index contributed by atoms with van der Waals surface area (Å²) in [5, 5.41) is 9.26. The topological polar surface area (TPSA) is 23.8 Å². The zero-order chi connectivity index (χ0) is 10.7. The third-order valence-corrected chi connectivity index (χ3v) is 4.91. The van der Waals surface area contributed by atoms with Gasteiger partial charge in [-0.15, -0.1) is 11.8 Å². The average Bonchev–Trinajstić information content (AvgIpc) is 2.71. The number of benzene rings is 1. The first-order valence-corrected chi connectivity index (χ1v) is 7.10. The highest BCUT2D eigenvalue weighted by Crippen LogP contribution is 2.40. The van der Waals surface area contributed by atoms with E-state index in [4.69, 9.17) is 0 Å². The van der Waals surface area contributed by atoms with Gasteiger partial charge >= 0.3 is 0 Å². The molecule has 0 aromatic heterocycles. The van der Waals surface area contributed by atoms with E-state index in [0.717, 1.165) is 18.6 Å². The van der Waals surface area contributed by atoms with E-state index in [1.54, 1.807) is 0 Å². The summed E-state index contributed by atoms with van der Waals surface area (Å²) in [6.07, 6.45) is 3.12. The van der Waals surface area contributed by atoms with Gasteiger partial charge < -0.3 is 0 Å². The molecule has 0 aliphatic carbocycles. The van der Waals surface area contributed by atoms with Crippen LogP contribution in [0.15, 0.2) is 24.3 Å². The maximum Gasteiger partial charge on any atom is 0.106 e. The summed E-state index contributed by atoms with van der Waals surface area (Å²) in [7, 11) is 0. The number of hydrogen-bond acceptors (Lipinski definition) is 2. The lowest BCUT2D eigenvalue weighted by Gasteiger charge is -2.19. The fourth-order valence-corrected chi connectivity index (χ4v) is 3.56. The van der Waals surface area contributed by atoms with Gasteiger partial charge in [0.05, 0.1) is 6.07 Å². The van der Waals surface area contributed by atoms with Crippen LogP contribution in [0.25, 0.3) is 0 Å². The van der Waals surface area contributed by atoms with Gasteiger partial charge in [-0.2, -0.15) is 5.26 Å². The van der Waals surface area contributed by atoms with Gasteiger partial charge in [-0.3, -0.25) is 0 Å². The molecule has 0 bridgehead atoms. The summed E-state index contributed by atoms with van der Waals surface area (Å²) in [5.41, 5.74) is 1.28. The Kier molecular flexibility index (Phi) is 3.57. The van der Waals surface area contributed by atoms with Crippen molar-refractivity contribution in [3.05, 3.63) is 33.4 Å². The predicted octanol–water partition coefficient (Wildman–Crippen LogP) is 3.62. The third-order valence-electron chi connectivity index (χ3n) is 2.71. The second kappa shape index (κ2) is 4.75. The van der Waals surface area contributed by atoms with Crippen LogP contribution in [-0.2, 0) is 6.42 Å². The number of halogens is 1. The Morgan fingerprint density at radius 3 is 2.67 bits per heavy atom. The summed E-state index contributed by atoms with van der Waals surface area (Å²) >= 11 is 4.13. The molecule has 15 heavy (non-hydrogen) atoms. The molecule has 3 heteroatoms. The Morgan fingerprint density at radius 1 is 1.40 bits per heavy atom. The lowest BCUT2D eigenvalue weighted by atomic mass is 9.96. The SMILES string of the molecule is N#CC1(Cc2ccc(I)cc2)CCCS1. The molecular formula is C12H12INS. The Morgan fingerprint density at radius 2 is 2.13 bits per heavy atom. The van der Waals surface area contributed by atoms with Crippen molar-refractivity contribution >= 4 is 34.4 Å². The molecule has 1 heterocycles. The first-order valence-electron chi connectivity index (χ1n) is 5.04. The van der Waals surface area contributed by atoms with Gasteiger partial charge in [-0.1, -0.05) is 12.1 Å².